The summed E-state index contributed by atoms with van der Waals surface area (Å²) in [5.74, 6) is -1.35. The van der Waals surface area contributed by atoms with Crippen LogP contribution in [0.4, 0.5) is 0 Å². The number of ether oxygens (including phenoxy) is 1. The molecule has 2 N–H and O–H groups in total. The van der Waals surface area contributed by atoms with Gasteiger partial charge in [-0.1, -0.05) is 56.0 Å². The van der Waals surface area contributed by atoms with Crippen molar-refractivity contribution in [1.82, 2.24) is 4.90 Å². The molecule has 0 unspecified atom stereocenters. The summed E-state index contributed by atoms with van der Waals surface area (Å²) in [6.45, 7) is 5.16. The van der Waals surface area contributed by atoms with Crippen LogP contribution in [0.25, 0.3) is 6.08 Å². The minimum Gasteiger partial charge on any atom is -0.508 e. The van der Waals surface area contributed by atoms with Gasteiger partial charge in [0.1, 0.15) is 5.75 Å². The van der Waals surface area contributed by atoms with Crippen molar-refractivity contribution < 1.29 is 29.3 Å². The van der Waals surface area contributed by atoms with Gasteiger partial charge in [-0.05, 0) is 68.2 Å². The second-order valence-electron chi connectivity index (χ2n) is 10.9. The van der Waals surface area contributed by atoms with E-state index in [0.29, 0.717) is 38.8 Å². The third-order valence-electron chi connectivity index (χ3n) is 8.36. The molecule has 0 saturated carbocycles. The maximum Gasteiger partial charge on any atom is 0.303 e. The van der Waals surface area contributed by atoms with Gasteiger partial charge in [0.25, 0.3) is 0 Å². The first-order valence-corrected chi connectivity index (χ1v) is 14.2. The van der Waals surface area contributed by atoms with Gasteiger partial charge in [0.2, 0.25) is 11.8 Å². The maximum atomic E-state index is 13.5. The smallest absolute Gasteiger partial charge is 0.303 e. The molecular weight excluding hydrogens is 482 g/mol. The minimum atomic E-state index is -0.816. The first kappa shape index (κ1) is 28.1. The van der Waals surface area contributed by atoms with Crippen LogP contribution in [0.15, 0.2) is 41.0 Å². The van der Waals surface area contributed by atoms with Gasteiger partial charge in [-0.3, -0.25) is 19.3 Å². The lowest BCUT2D eigenvalue weighted by Gasteiger charge is -2.31. The number of nitrogens with zero attached hydrogens (tertiary/aromatic N) is 1. The average molecular weight is 524 g/mol. The molecular formula is C31H41NO6. The summed E-state index contributed by atoms with van der Waals surface area (Å²) in [7, 11) is 0. The van der Waals surface area contributed by atoms with E-state index in [1.54, 1.807) is 12.1 Å². The van der Waals surface area contributed by atoms with Crippen molar-refractivity contribution in [2.24, 2.45) is 17.8 Å². The molecule has 2 saturated heterocycles. The predicted molar refractivity (Wildman–Crippen MR) is 145 cm³/mol. The summed E-state index contributed by atoms with van der Waals surface area (Å²) < 4.78 is 6.33. The zero-order chi connectivity index (χ0) is 27.2. The number of carboxylic acid groups (broad SMARTS) is 1. The largest absolute Gasteiger partial charge is 0.508 e. The standard InChI is InChI=1S/C31H41NO6/c1-3-8-20(17-21-10-13-23(33)14-11-21)12-15-26-28-22(4-2)18-24-29(25(28)19-38-26)31(37)32(30(24)36)16-7-5-6-9-27(34)35/h10-11,13-14,17,24-26,29,33H,3-9,12,15-16,18-19H2,1-2H3,(H,34,35)/b20-17+/t24-,25+,26-,29-/m1/s1. The number of rotatable bonds is 13. The summed E-state index contributed by atoms with van der Waals surface area (Å²) in [5, 5.41) is 18.4. The predicted octanol–water partition coefficient (Wildman–Crippen LogP) is 5.73. The molecule has 0 bridgehead atoms. The fourth-order valence-corrected chi connectivity index (χ4v) is 6.53. The molecule has 3 aliphatic rings. The Kier molecular flexibility index (Phi) is 9.42. The van der Waals surface area contributed by atoms with Crippen LogP contribution < -0.4 is 0 Å². The lowest BCUT2D eigenvalue weighted by atomic mass is 9.69. The zero-order valence-electron chi connectivity index (χ0n) is 22.7. The highest BCUT2D eigenvalue weighted by atomic mass is 16.5. The van der Waals surface area contributed by atoms with E-state index in [2.05, 4.69) is 19.9 Å². The summed E-state index contributed by atoms with van der Waals surface area (Å²) in [6.07, 6.45) is 9.48. The third kappa shape index (κ3) is 6.20. The number of amides is 2. The van der Waals surface area contributed by atoms with E-state index in [-0.39, 0.29) is 47.8 Å². The van der Waals surface area contributed by atoms with Gasteiger partial charge in [0.05, 0.1) is 24.5 Å². The Hall–Kier alpha value is -2.93. The van der Waals surface area contributed by atoms with Gasteiger partial charge in [-0.25, -0.2) is 0 Å². The van der Waals surface area contributed by atoms with E-state index in [1.165, 1.54) is 21.6 Å². The van der Waals surface area contributed by atoms with Crippen LogP contribution >= 0.6 is 0 Å². The quantitative estimate of drug-likeness (QED) is 0.194. The van der Waals surface area contributed by atoms with Crippen molar-refractivity contribution in [2.75, 3.05) is 13.2 Å². The van der Waals surface area contributed by atoms with Crippen LogP contribution in [-0.2, 0) is 19.1 Å². The molecule has 206 valence electrons. The number of fused-ring (bicyclic) bond motifs is 3. The molecule has 38 heavy (non-hydrogen) atoms. The van der Waals surface area contributed by atoms with Crippen molar-refractivity contribution in [3.05, 3.63) is 46.5 Å². The Bertz CT molecular complexity index is 1090. The highest BCUT2D eigenvalue weighted by molar-refractivity contribution is 6.05. The number of imide groups is 1. The zero-order valence-corrected chi connectivity index (χ0v) is 22.7. The van der Waals surface area contributed by atoms with Crippen LogP contribution in [0.1, 0.15) is 83.6 Å². The van der Waals surface area contributed by atoms with Crippen LogP contribution in [0.2, 0.25) is 0 Å². The number of phenolic OH excluding ortho intramolecular Hbond substituents is 1. The van der Waals surface area contributed by atoms with Crippen LogP contribution in [0.3, 0.4) is 0 Å². The van der Waals surface area contributed by atoms with Crippen molar-refractivity contribution in [3.8, 4) is 5.75 Å². The molecule has 1 aliphatic carbocycles. The van der Waals surface area contributed by atoms with E-state index in [9.17, 15) is 19.5 Å². The molecule has 4 rings (SSSR count). The molecule has 0 spiro atoms. The number of benzene rings is 1. The highest BCUT2D eigenvalue weighted by Gasteiger charge is 2.56. The van der Waals surface area contributed by atoms with Crippen LogP contribution in [-0.4, -0.2) is 52.2 Å². The van der Waals surface area contributed by atoms with Gasteiger partial charge in [-0.2, -0.15) is 0 Å². The summed E-state index contributed by atoms with van der Waals surface area (Å²) in [6, 6.07) is 7.26. The highest BCUT2D eigenvalue weighted by Crippen LogP contribution is 2.50. The summed E-state index contributed by atoms with van der Waals surface area (Å²) in [4.78, 5) is 38.9. The molecule has 0 radical (unpaired) electrons. The number of allylic oxidation sites excluding steroid dienone is 2. The Morgan fingerprint density at radius 1 is 1.03 bits per heavy atom. The van der Waals surface area contributed by atoms with Gasteiger partial charge in [0.15, 0.2) is 0 Å². The molecule has 2 aliphatic heterocycles. The number of aliphatic carboxylic acids is 1. The Labute approximate surface area is 225 Å². The average Bonchev–Trinajstić information content (AvgIpc) is 3.42. The Balaban J connectivity index is 1.43. The van der Waals surface area contributed by atoms with Crippen molar-refractivity contribution in [2.45, 2.75) is 84.2 Å². The molecule has 1 aromatic rings. The Morgan fingerprint density at radius 3 is 2.47 bits per heavy atom. The van der Waals surface area contributed by atoms with Gasteiger partial charge in [-0.15, -0.1) is 0 Å². The molecule has 1 aromatic carbocycles. The summed E-state index contributed by atoms with van der Waals surface area (Å²) >= 11 is 0. The fraction of sp³-hybridized carbons (Fsp3) is 0.581. The van der Waals surface area contributed by atoms with E-state index < -0.39 is 5.97 Å². The number of phenols is 1. The lowest BCUT2D eigenvalue weighted by Crippen LogP contribution is -2.34. The first-order valence-electron chi connectivity index (χ1n) is 14.2. The monoisotopic (exact) mass is 523 g/mol. The third-order valence-corrected chi connectivity index (χ3v) is 8.36. The maximum absolute atomic E-state index is 13.5. The molecule has 7 nitrogen and oxygen atoms in total. The van der Waals surface area contributed by atoms with Crippen molar-refractivity contribution in [1.29, 1.82) is 0 Å². The second kappa shape index (κ2) is 12.7. The molecule has 0 aromatic heterocycles. The number of carbonyl (C=O) groups is 3. The molecule has 7 heteroatoms. The van der Waals surface area contributed by atoms with E-state index in [1.807, 2.05) is 12.1 Å². The summed E-state index contributed by atoms with van der Waals surface area (Å²) in [5.41, 5.74) is 4.96. The number of hydrogen-bond acceptors (Lipinski definition) is 5. The van der Waals surface area contributed by atoms with Gasteiger partial charge in [0, 0.05) is 18.9 Å². The topological polar surface area (TPSA) is 104 Å². The van der Waals surface area contributed by atoms with Crippen LogP contribution in [0.5, 0.6) is 5.75 Å². The first-order chi connectivity index (χ1) is 18.3. The second-order valence-corrected chi connectivity index (χ2v) is 10.9. The number of aromatic hydroxyl groups is 1. The number of carbonyl (C=O) groups excluding carboxylic acids is 2. The number of hydrogen-bond donors (Lipinski definition) is 2. The SMILES string of the molecule is CCC/C(=C\c1ccc(O)cc1)CC[C@H]1OC[C@H]2C1=C(CC)C[C@H]1C(=O)N(CCCCCC(=O)O)C(=O)[C@H]12. The normalized spacial score (nSPS) is 25.2. The van der Waals surface area contributed by atoms with Crippen LogP contribution in [0, 0.1) is 17.8 Å². The van der Waals surface area contributed by atoms with E-state index in [4.69, 9.17) is 9.84 Å². The molecule has 2 amide bonds. The minimum absolute atomic E-state index is 0.0241. The number of unbranched alkanes of at least 4 members (excludes halogenated alkanes) is 2. The fourth-order valence-electron chi connectivity index (χ4n) is 6.53. The van der Waals surface area contributed by atoms with Gasteiger partial charge >= 0.3 is 5.97 Å². The Morgan fingerprint density at radius 2 is 1.79 bits per heavy atom. The lowest BCUT2D eigenvalue weighted by molar-refractivity contribution is -0.141. The molecule has 4 atom stereocenters. The van der Waals surface area contributed by atoms with Crippen molar-refractivity contribution in [3.63, 3.8) is 0 Å². The number of likely N-dealkylation sites (tertiary alicyclic amines) is 1. The van der Waals surface area contributed by atoms with E-state index >= 15 is 0 Å². The van der Waals surface area contributed by atoms with Crippen molar-refractivity contribution >= 4 is 23.9 Å². The van der Waals surface area contributed by atoms with E-state index in [0.717, 1.165) is 37.7 Å². The molecule has 2 fully saturated rings. The number of carboxylic acids is 1. The van der Waals surface area contributed by atoms with Gasteiger partial charge < -0.3 is 14.9 Å². The molecule has 2 heterocycles.